The summed E-state index contributed by atoms with van der Waals surface area (Å²) < 4.78 is 5.09. The van der Waals surface area contributed by atoms with Gasteiger partial charge in [0.25, 0.3) is 0 Å². The number of benzene rings is 2. The average molecular weight is 413 g/mol. The monoisotopic (exact) mass is 411 g/mol. The Labute approximate surface area is 141 Å². The maximum absolute atomic E-state index is 12.3. The van der Waals surface area contributed by atoms with Crippen LogP contribution in [0.5, 0.6) is 5.75 Å². The third-order valence-electron chi connectivity index (χ3n) is 2.98. The van der Waals surface area contributed by atoms with E-state index >= 15 is 0 Å². The first kappa shape index (κ1) is 16.0. The van der Waals surface area contributed by atoms with Gasteiger partial charge in [0.15, 0.2) is 0 Å². The first-order chi connectivity index (χ1) is 10.1. The Bertz CT molecular complexity index is 587. The van der Waals surface area contributed by atoms with Crippen molar-refractivity contribution in [3.8, 4) is 5.75 Å². The number of hydrogen-bond acceptors (Lipinski definition) is 2. The van der Waals surface area contributed by atoms with E-state index in [0.29, 0.717) is 0 Å². The van der Waals surface area contributed by atoms with E-state index in [9.17, 15) is 4.79 Å². The summed E-state index contributed by atoms with van der Waals surface area (Å²) in [5.41, 5.74) is 1.78. The highest BCUT2D eigenvalue weighted by Crippen LogP contribution is 2.31. The molecule has 0 spiro atoms. The van der Waals surface area contributed by atoms with Crippen molar-refractivity contribution in [2.45, 2.75) is 9.65 Å². The second-order valence-electron chi connectivity index (χ2n) is 4.43. The van der Waals surface area contributed by atoms with Crippen LogP contribution in [0.25, 0.3) is 0 Å². The highest BCUT2D eigenvalue weighted by molar-refractivity contribution is 9.12. The van der Waals surface area contributed by atoms with Crippen molar-refractivity contribution in [2.75, 3.05) is 12.4 Å². The Morgan fingerprint density at radius 1 is 1.05 bits per heavy atom. The van der Waals surface area contributed by atoms with Crippen LogP contribution in [0.15, 0.2) is 54.6 Å². The summed E-state index contributed by atoms with van der Waals surface area (Å²) >= 11 is 7.01. The van der Waals surface area contributed by atoms with Gasteiger partial charge in [-0.05, 0) is 29.8 Å². The summed E-state index contributed by atoms with van der Waals surface area (Å²) in [6.07, 6.45) is 0. The predicted molar refractivity (Wildman–Crippen MR) is 92.4 cm³/mol. The van der Waals surface area contributed by atoms with Gasteiger partial charge in [0.2, 0.25) is 5.91 Å². The molecule has 0 radical (unpaired) electrons. The molecular formula is C16H15Br2NO2. The molecule has 2 rings (SSSR count). The van der Waals surface area contributed by atoms with E-state index in [1.54, 1.807) is 7.11 Å². The van der Waals surface area contributed by atoms with Crippen molar-refractivity contribution < 1.29 is 9.53 Å². The van der Waals surface area contributed by atoms with E-state index in [4.69, 9.17) is 4.74 Å². The number of anilines is 1. The second kappa shape index (κ2) is 7.61. The van der Waals surface area contributed by atoms with Crippen LogP contribution >= 0.6 is 31.9 Å². The molecule has 0 fully saturated rings. The Morgan fingerprint density at radius 3 is 2.24 bits per heavy atom. The van der Waals surface area contributed by atoms with Crippen LogP contribution in [0.2, 0.25) is 0 Å². The molecule has 1 N–H and O–H groups in total. The lowest BCUT2D eigenvalue weighted by Gasteiger charge is -2.17. The summed E-state index contributed by atoms with van der Waals surface area (Å²) in [5.74, 6) is 0.650. The molecule has 0 saturated carbocycles. The van der Waals surface area contributed by atoms with E-state index in [0.717, 1.165) is 17.0 Å². The number of amides is 1. The fourth-order valence-electron chi connectivity index (χ4n) is 1.82. The molecule has 5 heteroatoms. The van der Waals surface area contributed by atoms with Crippen LogP contribution in [-0.2, 0) is 4.79 Å². The fourth-order valence-corrected chi connectivity index (χ4v) is 2.79. The second-order valence-corrected chi connectivity index (χ2v) is 6.40. The van der Waals surface area contributed by atoms with Gasteiger partial charge in [0.1, 0.15) is 10.6 Å². The van der Waals surface area contributed by atoms with Gasteiger partial charge in [0.05, 0.1) is 11.9 Å². The normalized spacial score (nSPS) is 13.3. The van der Waals surface area contributed by atoms with Crippen LogP contribution in [-0.4, -0.2) is 17.8 Å². The molecule has 0 bridgehead atoms. The number of hydrogen-bond donors (Lipinski definition) is 1. The number of alkyl halides is 2. The Morgan fingerprint density at radius 2 is 1.67 bits per heavy atom. The lowest BCUT2D eigenvalue weighted by molar-refractivity contribution is -0.115. The number of halogens is 2. The molecule has 0 aromatic heterocycles. The third kappa shape index (κ3) is 4.32. The fraction of sp³-hybridized carbons (Fsp3) is 0.188. The summed E-state index contributed by atoms with van der Waals surface area (Å²) in [6.45, 7) is 0. The van der Waals surface area contributed by atoms with Crippen molar-refractivity contribution in [1.29, 1.82) is 0 Å². The van der Waals surface area contributed by atoms with Crippen LogP contribution in [0.4, 0.5) is 5.69 Å². The van der Waals surface area contributed by atoms with Gasteiger partial charge in [-0.2, -0.15) is 0 Å². The highest BCUT2D eigenvalue weighted by atomic mass is 79.9. The van der Waals surface area contributed by atoms with Gasteiger partial charge in [-0.3, -0.25) is 4.79 Å². The molecule has 0 aliphatic carbocycles. The van der Waals surface area contributed by atoms with Crippen molar-refractivity contribution in [1.82, 2.24) is 0 Å². The molecule has 0 aliphatic rings. The van der Waals surface area contributed by atoms with Crippen LogP contribution in [0, 0.1) is 0 Å². The number of carbonyl (C=O) groups excluding carboxylic acids is 1. The van der Waals surface area contributed by atoms with E-state index in [1.807, 2.05) is 54.6 Å². The van der Waals surface area contributed by atoms with E-state index in [1.165, 1.54) is 0 Å². The van der Waals surface area contributed by atoms with Gasteiger partial charge in [-0.25, -0.2) is 0 Å². The number of ether oxygens (including phenoxy) is 1. The third-order valence-corrected chi connectivity index (χ3v) is 5.69. The number of methoxy groups -OCH3 is 1. The first-order valence-electron chi connectivity index (χ1n) is 6.40. The molecule has 110 valence electrons. The smallest absolute Gasteiger partial charge is 0.239 e. The largest absolute Gasteiger partial charge is 0.497 e. The molecule has 1 amide bonds. The molecule has 2 aromatic carbocycles. The SMILES string of the molecule is COc1ccc(NC(=O)[C@H](Br)[C@H](Br)c2ccccc2)cc1. The molecular weight excluding hydrogens is 398 g/mol. The van der Waals surface area contributed by atoms with Crippen molar-refractivity contribution in [3.05, 3.63) is 60.2 Å². The summed E-state index contributed by atoms with van der Waals surface area (Å²) in [6, 6.07) is 17.0. The van der Waals surface area contributed by atoms with Crippen molar-refractivity contribution in [3.63, 3.8) is 0 Å². The summed E-state index contributed by atoms with van der Waals surface area (Å²) in [4.78, 5) is 11.8. The Balaban J connectivity index is 2.01. The van der Waals surface area contributed by atoms with Crippen molar-refractivity contribution >= 4 is 43.5 Å². The summed E-state index contributed by atoms with van der Waals surface area (Å²) in [7, 11) is 1.61. The molecule has 2 aromatic rings. The number of carbonyl (C=O) groups is 1. The number of rotatable bonds is 5. The first-order valence-corrected chi connectivity index (χ1v) is 8.23. The Kier molecular flexibility index (Phi) is 5.82. The van der Waals surface area contributed by atoms with Crippen LogP contribution in [0.3, 0.4) is 0 Å². The standard InChI is InChI=1S/C16H15Br2NO2/c1-21-13-9-7-12(8-10-13)19-16(20)15(18)14(17)11-5-3-2-4-6-11/h2-10,14-15H,1H3,(H,19,20)/t14-,15-/m1/s1. The minimum Gasteiger partial charge on any atom is -0.497 e. The minimum atomic E-state index is -0.373. The molecule has 0 unspecified atom stereocenters. The zero-order chi connectivity index (χ0) is 15.2. The minimum absolute atomic E-state index is 0.100. The van der Waals surface area contributed by atoms with E-state index in [2.05, 4.69) is 37.2 Å². The van der Waals surface area contributed by atoms with Gasteiger partial charge in [-0.15, -0.1) is 0 Å². The molecule has 3 nitrogen and oxygen atoms in total. The van der Waals surface area contributed by atoms with Gasteiger partial charge < -0.3 is 10.1 Å². The van der Waals surface area contributed by atoms with Crippen LogP contribution in [0.1, 0.15) is 10.4 Å². The predicted octanol–water partition coefficient (Wildman–Crippen LogP) is 4.53. The lowest BCUT2D eigenvalue weighted by Crippen LogP contribution is -2.26. The van der Waals surface area contributed by atoms with Crippen molar-refractivity contribution in [2.24, 2.45) is 0 Å². The molecule has 21 heavy (non-hydrogen) atoms. The number of nitrogens with one attached hydrogen (secondary N) is 1. The summed E-state index contributed by atoms with van der Waals surface area (Å²) in [5, 5.41) is 2.87. The molecule has 0 saturated heterocycles. The zero-order valence-corrected chi connectivity index (χ0v) is 14.6. The maximum Gasteiger partial charge on any atom is 0.239 e. The van der Waals surface area contributed by atoms with E-state index < -0.39 is 0 Å². The molecule has 0 aliphatic heterocycles. The van der Waals surface area contributed by atoms with E-state index in [-0.39, 0.29) is 15.6 Å². The Hall–Kier alpha value is -1.33. The quantitative estimate of drug-likeness (QED) is 0.732. The van der Waals surface area contributed by atoms with Crippen LogP contribution < -0.4 is 10.1 Å². The average Bonchev–Trinajstić information content (AvgIpc) is 2.55. The highest BCUT2D eigenvalue weighted by Gasteiger charge is 2.24. The lowest BCUT2D eigenvalue weighted by atomic mass is 10.1. The maximum atomic E-state index is 12.3. The zero-order valence-electron chi connectivity index (χ0n) is 11.4. The molecule has 0 heterocycles. The van der Waals surface area contributed by atoms with Gasteiger partial charge in [-0.1, -0.05) is 62.2 Å². The van der Waals surface area contributed by atoms with Gasteiger partial charge in [0, 0.05) is 5.69 Å². The van der Waals surface area contributed by atoms with Gasteiger partial charge >= 0.3 is 0 Å². The topological polar surface area (TPSA) is 38.3 Å². The molecule has 2 atom stereocenters.